The van der Waals surface area contributed by atoms with Gasteiger partial charge in [0, 0.05) is 26.5 Å². The molecule has 0 aliphatic heterocycles. The lowest BCUT2D eigenvalue weighted by molar-refractivity contribution is 0.0827. The van der Waals surface area contributed by atoms with Crippen LogP contribution in [0.25, 0.3) is 0 Å². The molecule has 0 unspecified atom stereocenters. The number of aromatic nitrogens is 1. The SMILES string of the molecule is CN(C)C(=O)c1cncc(C(C)(C)C)c1. The zero-order valence-electron chi connectivity index (χ0n) is 10.0. The van der Waals surface area contributed by atoms with Gasteiger partial charge in [0.05, 0.1) is 5.56 Å². The lowest BCUT2D eigenvalue weighted by Crippen LogP contribution is -2.22. The second kappa shape index (κ2) is 4.01. The van der Waals surface area contributed by atoms with Crippen molar-refractivity contribution < 1.29 is 4.79 Å². The maximum absolute atomic E-state index is 11.7. The zero-order chi connectivity index (χ0) is 11.6. The summed E-state index contributed by atoms with van der Waals surface area (Å²) in [5, 5.41) is 0. The Morgan fingerprint density at radius 3 is 2.33 bits per heavy atom. The fraction of sp³-hybridized carbons (Fsp3) is 0.500. The topological polar surface area (TPSA) is 33.2 Å². The minimum Gasteiger partial charge on any atom is -0.345 e. The standard InChI is InChI=1S/C12H18N2O/c1-12(2,3)10-6-9(7-13-8-10)11(15)14(4)5/h6-8H,1-5H3. The molecule has 1 heterocycles. The molecular formula is C12H18N2O. The monoisotopic (exact) mass is 206 g/mol. The molecule has 0 spiro atoms. The van der Waals surface area contributed by atoms with Gasteiger partial charge in [-0.1, -0.05) is 20.8 Å². The highest BCUT2D eigenvalue weighted by atomic mass is 16.2. The minimum atomic E-state index is -0.00593. The molecule has 0 fully saturated rings. The maximum atomic E-state index is 11.7. The lowest BCUT2D eigenvalue weighted by Gasteiger charge is -2.19. The van der Waals surface area contributed by atoms with Crippen molar-refractivity contribution in [1.82, 2.24) is 9.88 Å². The molecule has 3 heteroatoms. The van der Waals surface area contributed by atoms with Gasteiger partial charge in [0.25, 0.3) is 5.91 Å². The molecule has 0 radical (unpaired) electrons. The van der Waals surface area contributed by atoms with Crippen LogP contribution in [-0.2, 0) is 5.41 Å². The molecule has 82 valence electrons. The molecule has 0 aliphatic rings. The van der Waals surface area contributed by atoms with Gasteiger partial charge in [-0.25, -0.2) is 0 Å². The first-order valence-electron chi connectivity index (χ1n) is 4.99. The fourth-order valence-corrected chi connectivity index (χ4v) is 1.23. The molecule has 0 saturated carbocycles. The zero-order valence-corrected chi connectivity index (χ0v) is 10.0. The summed E-state index contributed by atoms with van der Waals surface area (Å²) in [5.41, 5.74) is 1.75. The van der Waals surface area contributed by atoms with Gasteiger partial charge in [-0.15, -0.1) is 0 Å². The smallest absolute Gasteiger partial charge is 0.254 e. The molecule has 1 aromatic rings. The number of rotatable bonds is 1. The molecule has 15 heavy (non-hydrogen) atoms. The average Bonchev–Trinajstić information content (AvgIpc) is 2.15. The number of pyridine rings is 1. The van der Waals surface area contributed by atoms with E-state index in [1.54, 1.807) is 25.2 Å². The molecule has 0 N–H and O–H groups in total. The number of amides is 1. The first kappa shape index (κ1) is 11.7. The van der Waals surface area contributed by atoms with E-state index in [9.17, 15) is 4.79 Å². The van der Waals surface area contributed by atoms with E-state index in [1.165, 1.54) is 0 Å². The van der Waals surface area contributed by atoms with Crippen molar-refractivity contribution in [3.8, 4) is 0 Å². The van der Waals surface area contributed by atoms with Gasteiger partial charge >= 0.3 is 0 Å². The normalized spacial score (nSPS) is 11.3. The van der Waals surface area contributed by atoms with Crippen LogP contribution in [0, 0.1) is 0 Å². The summed E-state index contributed by atoms with van der Waals surface area (Å²) in [6.07, 6.45) is 3.42. The van der Waals surface area contributed by atoms with Crippen LogP contribution < -0.4 is 0 Å². The second-order valence-electron chi connectivity index (χ2n) is 4.91. The van der Waals surface area contributed by atoms with E-state index in [0.29, 0.717) is 5.56 Å². The summed E-state index contributed by atoms with van der Waals surface area (Å²) in [6.45, 7) is 6.32. The van der Waals surface area contributed by atoms with Crippen LogP contribution in [0.4, 0.5) is 0 Å². The third kappa shape index (κ3) is 2.78. The summed E-state index contributed by atoms with van der Waals surface area (Å²) in [4.78, 5) is 17.4. The molecule has 0 aliphatic carbocycles. The number of hydrogen-bond donors (Lipinski definition) is 0. The Morgan fingerprint density at radius 1 is 1.27 bits per heavy atom. The maximum Gasteiger partial charge on any atom is 0.254 e. The molecule has 0 atom stereocenters. The Balaban J connectivity index is 3.09. The summed E-state index contributed by atoms with van der Waals surface area (Å²) in [7, 11) is 3.48. The number of hydrogen-bond acceptors (Lipinski definition) is 2. The molecule has 1 aromatic heterocycles. The van der Waals surface area contributed by atoms with E-state index >= 15 is 0 Å². The minimum absolute atomic E-state index is 0.00593. The van der Waals surface area contributed by atoms with Crippen molar-refractivity contribution in [3.63, 3.8) is 0 Å². The Labute approximate surface area is 91.1 Å². The molecule has 1 rings (SSSR count). The van der Waals surface area contributed by atoms with Crippen molar-refractivity contribution in [2.75, 3.05) is 14.1 Å². The molecule has 3 nitrogen and oxygen atoms in total. The van der Waals surface area contributed by atoms with Gasteiger partial charge in [0.15, 0.2) is 0 Å². The van der Waals surface area contributed by atoms with Crippen LogP contribution in [0.15, 0.2) is 18.5 Å². The van der Waals surface area contributed by atoms with Crippen molar-refractivity contribution in [3.05, 3.63) is 29.6 Å². The number of carbonyl (C=O) groups excluding carboxylic acids is 1. The van der Waals surface area contributed by atoms with E-state index in [-0.39, 0.29) is 11.3 Å². The Morgan fingerprint density at radius 2 is 1.87 bits per heavy atom. The predicted molar refractivity (Wildman–Crippen MR) is 61.0 cm³/mol. The van der Waals surface area contributed by atoms with Crippen LogP contribution in [0.3, 0.4) is 0 Å². The van der Waals surface area contributed by atoms with Crippen molar-refractivity contribution in [2.45, 2.75) is 26.2 Å². The quantitative estimate of drug-likeness (QED) is 0.705. The summed E-state index contributed by atoms with van der Waals surface area (Å²) in [5.74, 6) is -0.00593. The van der Waals surface area contributed by atoms with Crippen LogP contribution in [0.2, 0.25) is 0 Å². The van der Waals surface area contributed by atoms with Gasteiger partial charge in [-0.3, -0.25) is 9.78 Å². The molecule has 0 saturated heterocycles. The van der Waals surface area contributed by atoms with Gasteiger partial charge in [0.1, 0.15) is 0 Å². The number of carbonyl (C=O) groups is 1. The highest BCUT2D eigenvalue weighted by Crippen LogP contribution is 2.22. The predicted octanol–water partition coefficient (Wildman–Crippen LogP) is 2.08. The van der Waals surface area contributed by atoms with Gasteiger partial charge in [0.2, 0.25) is 0 Å². The van der Waals surface area contributed by atoms with Gasteiger partial charge in [-0.2, -0.15) is 0 Å². The number of nitrogens with zero attached hydrogens (tertiary/aromatic N) is 2. The third-order valence-electron chi connectivity index (χ3n) is 2.26. The van der Waals surface area contributed by atoms with Gasteiger partial charge < -0.3 is 4.90 Å². The van der Waals surface area contributed by atoms with Gasteiger partial charge in [-0.05, 0) is 17.0 Å². The molecular weight excluding hydrogens is 188 g/mol. The Hall–Kier alpha value is -1.38. The van der Waals surface area contributed by atoms with Crippen LogP contribution in [-0.4, -0.2) is 29.9 Å². The van der Waals surface area contributed by atoms with Crippen LogP contribution in [0.1, 0.15) is 36.7 Å². The first-order valence-corrected chi connectivity index (χ1v) is 4.99. The Bertz CT molecular complexity index is 364. The average molecular weight is 206 g/mol. The summed E-state index contributed by atoms with van der Waals surface area (Å²) >= 11 is 0. The van der Waals surface area contributed by atoms with Crippen molar-refractivity contribution >= 4 is 5.91 Å². The third-order valence-corrected chi connectivity index (χ3v) is 2.26. The van der Waals surface area contributed by atoms with Crippen LogP contribution >= 0.6 is 0 Å². The molecule has 0 aromatic carbocycles. The largest absolute Gasteiger partial charge is 0.345 e. The second-order valence-corrected chi connectivity index (χ2v) is 4.91. The fourth-order valence-electron chi connectivity index (χ4n) is 1.23. The summed E-state index contributed by atoms with van der Waals surface area (Å²) < 4.78 is 0. The van der Waals surface area contributed by atoms with E-state index in [0.717, 1.165) is 5.56 Å². The Kier molecular flexibility index (Phi) is 3.12. The van der Waals surface area contributed by atoms with E-state index in [2.05, 4.69) is 25.8 Å². The van der Waals surface area contributed by atoms with Crippen molar-refractivity contribution in [2.24, 2.45) is 0 Å². The lowest BCUT2D eigenvalue weighted by atomic mass is 9.87. The first-order chi connectivity index (χ1) is 6.82. The molecule has 1 amide bonds. The van der Waals surface area contributed by atoms with E-state index < -0.39 is 0 Å². The molecule has 0 bridgehead atoms. The highest BCUT2D eigenvalue weighted by Gasteiger charge is 2.16. The van der Waals surface area contributed by atoms with Crippen molar-refractivity contribution in [1.29, 1.82) is 0 Å². The van der Waals surface area contributed by atoms with E-state index in [1.807, 2.05) is 12.3 Å². The van der Waals surface area contributed by atoms with E-state index in [4.69, 9.17) is 0 Å². The highest BCUT2D eigenvalue weighted by molar-refractivity contribution is 5.93. The van der Waals surface area contributed by atoms with Crippen LogP contribution in [0.5, 0.6) is 0 Å². The summed E-state index contributed by atoms with van der Waals surface area (Å²) in [6, 6.07) is 1.91.